The van der Waals surface area contributed by atoms with Gasteiger partial charge in [-0.3, -0.25) is 4.98 Å². The molecule has 3 heteroatoms. The second-order valence-electron chi connectivity index (χ2n) is 4.74. The van der Waals surface area contributed by atoms with Crippen molar-refractivity contribution in [2.75, 3.05) is 14.1 Å². The zero-order valence-electron chi connectivity index (χ0n) is 10.9. The predicted molar refractivity (Wildman–Crippen MR) is 66.3 cm³/mol. The van der Waals surface area contributed by atoms with Crippen LogP contribution >= 0.6 is 0 Å². The van der Waals surface area contributed by atoms with E-state index in [1.54, 1.807) is 6.20 Å². The number of aromatic nitrogens is 1. The number of likely N-dealkylation sites (N-methyl/N-ethyl adjacent to an activating group) is 1. The fourth-order valence-corrected chi connectivity index (χ4v) is 1.75. The topological polar surface area (TPSA) is 36.4 Å². The van der Waals surface area contributed by atoms with Crippen LogP contribution < -0.4 is 0 Å². The van der Waals surface area contributed by atoms with E-state index in [-0.39, 0.29) is 5.54 Å². The van der Waals surface area contributed by atoms with E-state index in [1.165, 1.54) is 0 Å². The molecule has 0 bridgehead atoms. The van der Waals surface area contributed by atoms with Crippen LogP contribution in [0.3, 0.4) is 0 Å². The van der Waals surface area contributed by atoms with Gasteiger partial charge in [0.05, 0.1) is 6.10 Å². The predicted octanol–water partition coefficient (Wildman–Crippen LogP) is 2.15. The van der Waals surface area contributed by atoms with Crippen molar-refractivity contribution in [3.63, 3.8) is 0 Å². The van der Waals surface area contributed by atoms with Gasteiger partial charge < -0.3 is 10.0 Å². The SMILES string of the molecule is CCC(C)(C(O)c1ccc(C)nc1)N(C)C. The van der Waals surface area contributed by atoms with E-state index in [0.29, 0.717) is 0 Å². The lowest BCUT2D eigenvalue weighted by atomic mass is 9.86. The molecular formula is C13H22N2O. The molecule has 1 rings (SSSR count). The zero-order valence-corrected chi connectivity index (χ0v) is 10.9. The van der Waals surface area contributed by atoms with E-state index in [1.807, 2.05) is 33.2 Å². The van der Waals surface area contributed by atoms with Gasteiger partial charge in [-0.2, -0.15) is 0 Å². The number of aryl methyl sites for hydroxylation is 1. The summed E-state index contributed by atoms with van der Waals surface area (Å²) in [6, 6.07) is 3.88. The second kappa shape index (κ2) is 4.93. The lowest BCUT2D eigenvalue weighted by Gasteiger charge is -2.40. The monoisotopic (exact) mass is 222 g/mol. The van der Waals surface area contributed by atoms with Crippen LogP contribution in [0.4, 0.5) is 0 Å². The van der Waals surface area contributed by atoms with E-state index in [2.05, 4.69) is 23.7 Å². The summed E-state index contributed by atoms with van der Waals surface area (Å²) in [5.41, 5.74) is 1.60. The highest BCUT2D eigenvalue weighted by molar-refractivity contribution is 5.19. The maximum absolute atomic E-state index is 10.4. The standard InChI is InChI=1S/C13H22N2O/c1-6-13(3,15(4)5)12(16)11-8-7-10(2)14-9-11/h7-9,12,16H,6H2,1-5H3. The molecule has 0 aromatic carbocycles. The van der Waals surface area contributed by atoms with Crippen molar-refractivity contribution >= 4 is 0 Å². The van der Waals surface area contributed by atoms with E-state index in [9.17, 15) is 5.11 Å². The van der Waals surface area contributed by atoms with E-state index in [0.717, 1.165) is 17.7 Å². The fraction of sp³-hybridized carbons (Fsp3) is 0.615. The molecule has 1 aromatic heterocycles. The number of hydrogen-bond donors (Lipinski definition) is 1. The summed E-state index contributed by atoms with van der Waals surface area (Å²) in [6.45, 7) is 6.10. The van der Waals surface area contributed by atoms with Crippen molar-refractivity contribution in [3.8, 4) is 0 Å². The number of aliphatic hydroxyl groups excluding tert-OH is 1. The average Bonchev–Trinajstić information content (AvgIpc) is 2.27. The summed E-state index contributed by atoms with van der Waals surface area (Å²) in [4.78, 5) is 6.30. The Morgan fingerprint density at radius 3 is 2.44 bits per heavy atom. The molecule has 3 nitrogen and oxygen atoms in total. The highest BCUT2D eigenvalue weighted by Crippen LogP contribution is 2.32. The van der Waals surface area contributed by atoms with Gasteiger partial charge in [-0.15, -0.1) is 0 Å². The molecule has 1 aromatic rings. The molecule has 90 valence electrons. The number of rotatable bonds is 4. The van der Waals surface area contributed by atoms with Gasteiger partial charge in [-0.25, -0.2) is 0 Å². The van der Waals surface area contributed by atoms with Gasteiger partial charge in [0.25, 0.3) is 0 Å². The van der Waals surface area contributed by atoms with Gasteiger partial charge in [0.2, 0.25) is 0 Å². The largest absolute Gasteiger partial charge is 0.386 e. The number of nitrogens with zero attached hydrogens (tertiary/aromatic N) is 2. The molecular weight excluding hydrogens is 200 g/mol. The molecule has 1 heterocycles. The normalized spacial score (nSPS) is 17.2. The van der Waals surface area contributed by atoms with Crippen LogP contribution in [0, 0.1) is 6.92 Å². The molecule has 0 aliphatic heterocycles. The Morgan fingerprint density at radius 2 is 2.06 bits per heavy atom. The highest BCUT2D eigenvalue weighted by Gasteiger charge is 2.34. The summed E-state index contributed by atoms with van der Waals surface area (Å²) in [5, 5.41) is 10.4. The maximum atomic E-state index is 10.4. The van der Waals surface area contributed by atoms with Crippen LogP contribution in [0.1, 0.15) is 37.6 Å². The second-order valence-corrected chi connectivity index (χ2v) is 4.74. The minimum absolute atomic E-state index is 0.253. The van der Waals surface area contributed by atoms with Crippen LogP contribution in [0.25, 0.3) is 0 Å². The number of hydrogen-bond acceptors (Lipinski definition) is 3. The van der Waals surface area contributed by atoms with Gasteiger partial charge >= 0.3 is 0 Å². The van der Waals surface area contributed by atoms with Gasteiger partial charge in [-0.05, 0) is 40.4 Å². The Balaban J connectivity index is 3.00. The van der Waals surface area contributed by atoms with Crippen LogP contribution in [0.15, 0.2) is 18.3 Å². The lowest BCUT2D eigenvalue weighted by Crippen LogP contribution is -2.46. The number of aliphatic hydroxyl groups is 1. The summed E-state index contributed by atoms with van der Waals surface area (Å²) >= 11 is 0. The first-order valence-corrected chi connectivity index (χ1v) is 5.70. The first kappa shape index (κ1) is 13.1. The highest BCUT2D eigenvalue weighted by atomic mass is 16.3. The van der Waals surface area contributed by atoms with Crippen molar-refractivity contribution in [2.24, 2.45) is 0 Å². The molecule has 0 amide bonds. The molecule has 0 saturated carbocycles. The van der Waals surface area contributed by atoms with Crippen LogP contribution in [-0.4, -0.2) is 34.6 Å². The molecule has 0 radical (unpaired) electrons. The molecule has 0 aliphatic carbocycles. The van der Waals surface area contributed by atoms with E-state index >= 15 is 0 Å². The van der Waals surface area contributed by atoms with E-state index < -0.39 is 6.10 Å². The molecule has 0 spiro atoms. The third kappa shape index (κ3) is 2.42. The third-order valence-electron chi connectivity index (χ3n) is 3.58. The molecule has 0 saturated heterocycles. The smallest absolute Gasteiger partial charge is 0.0985 e. The molecule has 0 aliphatic rings. The minimum atomic E-state index is -0.513. The molecule has 0 fully saturated rings. The minimum Gasteiger partial charge on any atom is -0.386 e. The van der Waals surface area contributed by atoms with Crippen molar-refractivity contribution < 1.29 is 5.11 Å². The van der Waals surface area contributed by atoms with Crippen LogP contribution in [0.5, 0.6) is 0 Å². The Morgan fingerprint density at radius 1 is 1.44 bits per heavy atom. The summed E-state index contributed by atoms with van der Waals surface area (Å²) in [7, 11) is 3.99. The van der Waals surface area contributed by atoms with Crippen molar-refractivity contribution in [3.05, 3.63) is 29.6 Å². The maximum Gasteiger partial charge on any atom is 0.0985 e. The number of pyridine rings is 1. The quantitative estimate of drug-likeness (QED) is 0.848. The van der Waals surface area contributed by atoms with Gasteiger partial charge in [-0.1, -0.05) is 13.0 Å². The van der Waals surface area contributed by atoms with Crippen LogP contribution in [-0.2, 0) is 0 Å². The summed E-state index contributed by atoms with van der Waals surface area (Å²) in [6.07, 6.45) is 2.13. The van der Waals surface area contributed by atoms with Gasteiger partial charge in [0.1, 0.15) is 0 Å². The molecule has 2 unspecified atom stereocenters. The van der Waals surface area contributed by atoms with Crippen molar-refractivity contribution in [1.29, 1.82) is 0 Å². The Hall–Kier alpha value is -0.930. The molecule has 2 atom stereocenters. The average molecular weight is 222 g/mol. The Bertz CT molecular complexity index is 334. The van der Waals surface area contributed by atoms with Gasteiger partial charge in [0, 0.05) is 23.0 Å². The Labute approximate surface area is 98.1 Å². The van der Waals surface area contributed by atoms with Gasteiger partial charge in [0.15, 0.2) is 0 Å². The van der Waals surface area contributed by atoms with Crippen molar-refractivity contribution in [1.82, 2.24) is 9.88 Å². The summed E-state index contributed by atoms with van der Waals surface area (Å²) < 4.78 is 0. The molecule has 1 N–H and O–H groups in total. The van der Waals surface area contributed by atoms with E-state index in [4.69, 9.17) is 0 Å². The Kier molecular flexibility index (Phi) is 4.05. The third-order valence-corrected chi connectivity index (χ3v) is 3.58. The summed E-state index contributed by atoms with van der Waals surface area (Å²) in [5.74, 6) is 0. The first-order chi connectivity index (χ1) is 7.41. The lowest BCUT2D eigenvalue weighted by molar-refractivity contribution is 0.000663. The fourth-order valence-electron chi connectivity index (χ4n) is 1.75. The van der Waals surface area contributed by atoms with Crippen LogP contribution in [0.2, 0.25) is 0 Å². The van der Waals surface area contributed by atoms with Crippen molar-refractivity contribution in [2.45, 2.75) is 38.8 Å². The first-order valence-electron chi connectivity index (χ1n) is 5.70. The zero-order chi connectivity index (χ0) is 12.3. The molecule has 16 heavy (non-hydrogen) atoms.